The first-order chi connectivity index (χ1) is 8.09. The fourth-order valence-corrected chi connectivity index (χ4v) is 2.65. The summed E-state index contributed by atoms with van der Waals surface area (Å²) < 4.78 is 0. The molecule has 1 unspecified atom stereocenters. The molecule has 0 amide bonds. The van der Waals surface area contributed by atoms with Crippen LogP contribution in [0, 0.1) is 0 Å². The number of nitrogens with two attached hydrogens (primary N) is 1. The Hall–Kier alpha value is -1.26. The Morgan fingerprint density at radius 1 is 1.41 bits per heavy atom. The molecule has 1 heterocycles. The smallest absolute Gasteiger partial charge is 0.187 e. The van der Waals surface area contributed by atoms with Gasteiger partial charge in [-0.25, -0.2) is 4.98 Å². The van der Waals surface area contributed by atoms with E-state index in [2.05, 4.69) is 16.8 Å². The van der Waals surface area contributed by atoms with Crippen molar-refractivity contribution in [3.05, 3.63) is 41.0 Å². The predicted octanol–water partition coefficient (Wildman–Crippen LogP) is 3.58. The van der Waals surface area contributed by atoms with E-state index in [9.17, 15) is 0 Å². The fraction of sp³-hybridized carbons (Fsp3) is 0.250. The highest BCUT2D eigenvalue weighted by molar-refractivity contribution is 7.19. The third kappa shape index (κ3) is 2.53. The van der Waals surface area contributed by atoms with Crippen molar-refractivity contribution in [1.82, 2.24) is 4.98 Å². The van der Waals surface area contributed by atoms with E-state index in [0.717, 1.165) is 20.7 Å². The van der Waals surface area contributed by atoms with Crippen molar-refractivity contribution < 1.29 is 0 Å². The molecule has 0 aliphatic heterocycles. The second-order valence-corrected chi connectivity index (χ2v) is 5.30. The second-order valence-electron chi connectivity index (χ2n) is 3.85. The molecule has 0 saturated carbocycles. The molecule has 17 heavy (non-hydrogen) atoms. The number of nitrogen functional groups attached to an aromatic ring is 1. The van der Waals surface area contributed by atoms with Gasteiger partial charge >= 0.3 is 0 Å². The molecular formula is C12H14ClN3S. The Labute approximate surface area is 110 Å². The first-order valence-electron chi connectivity index (χ1n) is 5.28. The lowest BCUT2D eigenvalue weighted by atomic mass is 10.1. The van der Waals surface area contributed by atoms with Crippen molar-refractivity contribution in [2.24, 2.45) is 0 Å². The Balaban J connectivity index is 2.26. The van der Waals surface area contributed by atoms with Gasteiger partial charge in [0, 0.05) is 12.1 Å². The maximum Gasteiger partial charge on any atom is 0.187 e. The summed E-state index contributed by atoms with van der Waals surface area (Å²) in [5, 5.41) is 2.39. The van der Waals surface area contributed by atoms with E-state index >= 15 is 0 Å². The molecule has 0 aliphatic rings. The molecule has 2 aromatic rings. The highest BCUT2D eigenvalue weighted by Crippen LogP contribution is 2.32. The molecule has 3 nitrogen and oxygen atoms in total. The van der Waals surface area contributed by atoms with Crippen LogP contribution in [0.1, 0.15) is 18.5 Å². The van der Waals surface area contributed by atoms with Crippen molar-refractivity contribution in [3.63, 3.8) is 0 Å². The molecule has 0 radical (unpaired) electrons. The first-order valence-corrected chi connectivity index (χ1v) is 6.47. The average molecular weight is 268 g/mol. The van der Waals surface area contributed by atoms with Gasteiger partial charge in [0.15, 0.2) is 5.13 Å². The number of anilines is 2. The Morgan fingerprint density at radius 3 is 2.71 bits per heavy atom. The van der Waals surface area contributed by atoms with E-state index in [-0.39, 0.29) is 6.04 Å². The SMILES string of the molecule is CC(c1ccccc1Cl)N(C)c1ncc(N)s1. The highest BCUT2D eigenvalue weighted by Gasteiger charge is 2.16. The van der Waals surface area contributed by atoms with Crippen molar-refractivity contribution in [1.29, 1.82) is 0 Å². The molecule has 2 N–H and O–H groups in total. The van der Waals surface area contributed by atoms with Crippen LogP contribution in [0.4, 0.5) is 10.1 Å². The van der Waals surface area contributed by atoms with Crippen LogP contribution in [0.5, 0.6) is 0 Å². The summed E-state index contributed by atoms with van der Waals surface area (Å²) in [5.74, 6) is 0. The summed E-state index contributed by atoms with van der Waals surface area (Å²) >= 11 is 7.66. The normalized spacial score (nSPS) is 12.4. The lowest BCUT2D eigenvalue weighted by Gasteiger charge is -2.25. The average Bonchev–Trinajstić information content (AvgIpc) is 2.75. The van der Waals surface area contributed by atoms with Gasteiger partial charge in [-0.3, -0.25) is 0 Å². The van der Waals surface area contributed by atoms with Gasteiger partial charge in [-0.15, -0.1) is 0 Å². The van der Waals surface area contributed by atoms with Gasteiger partial charge < -0.3 is 10.6 Å². The lowest BCUT2D eigenvalue weighted by molar-refractivity contribution is 0.737. The summed E-state index contributed by atoms with van der Waals surface area (Å²) in [6.07, 6.45) is 1.68. The molecule has 1 aromatic heterocycles. The molecule has 1 aromatic carbocycles. The van der Waals surface area contributed by atoms with E-state index in [1.807, 2.05) is 31.3 Å². The van der Waals surface area contributed by atoms with Crippen molar-refractivity contribution in [3.8, 4) is 0 Å². The van der Waals surface area contributed by atoms with Crippen LogP contribution < -0.4 is 10.6 Å². The second kappa shape index (κ2) is 4.94. The van der Waals surface area contributed by atoms with E-state index in [1.165, 1.54) is 11.3 Å². The number of hydrogen-bond donors (Lipinski definition) is 1. The van der Waals surface area contributed by atoms with E-state index in [1.54, 1.807) is 6.20 Å². The molecular weight excluding hydrogens is 254 g/mol. The molecule has 0 spiro atoms. The number of aromatic nitrogens is 1. The van der Waals surface area contributed by atoms with Gasteiger partial charge in [0.05, 0.1) is 12.2 Å². The van der Waals surface area contributed by atoms with Gasteiger partial charge in [-0.2, -0.15) is 0 Å². The summed E-state index contributed by atoms with van der Waals surface area (Å²) in [6.45, 7) is 2.10. The van der Waals surface area contributed by atoms with Crippen molar-refractivity contribution >= 4 is 33.1 Å². The Kier molecular flexibility index (Phi) is 3.54. The van der Waals surface area contributed by atoms with Gasteiger partial charge in [0.2, 0.25) is 0 Å². The van der Waals surface area contributed by atoms with Gasteiger partial charge in [0.1, 0.15) is 5.00 Å². The van der Waals surface area contributed by atoms with Gasteiger partial charge in [0.25, 0.3) is 0 Å². The third-order valence-electron chi connectivity index (χ3n) is 2.75. The quantitative estimate of drug-likeness (QED) is 0.924. The van der Waals surface area contributed by atoms with Gasteiger partial charge in [-0.05, 0) is 18.6 Å². The molecule has 0 bridgehead atoms. The zero-order chi connectivity index (χ0) is 12.4. The lowest BCUT2D eigenvalue weighted by Crippen LogP contribution is -2.21. The Morgan fingerprint density at radius 2 is 2.12 bits per heavy atom. The molecule has 0 saturated heterocycles. The molecule has 5 heteroatoms. The maximum absolute atomic E-state index is 6.19. The van der Waals surface area contributed by atoms with Crippen LogP contribution in [-0.4, -0.2) is 12.0 Å². The van der Waals surface area contributed by atoms with Gasteiger partial charge in [-0.1, -0.05) is 41.1 Å². The first kappa shape index (κ1) is 12.2. The molecule has 90 valence electrons. The van der Waals surface area contributed by atoms with Crippen LogP contribution in [0.3, 0.4) is 0 Å². The minimum absolute atomic E-state index is 0.161. The highest BCUT2D eigenvalue weighted by atomic mass is 35.5. The number of nitrogens with zero attached hydrogens (tertiary/aromatic N) is 2. The maximum atomic E-state index is 6.19. The van der Waals surface area contributed by atoms with E-state index in [4.69, 9.17) is 17.3 Å². The largest absolute Gasteiger partial charge is 0.389 e. The topological polar surface area (TPSA) is 42.2 Å². The number of halogens is 1. The standard InChI is InChI=1S/C12H14ClN3S/c1-8(9-5-3-4-6-10(9)13)16(2)12-15-7-11(14)17-12/h3-8H,14H2,1-2H3. The summed E-state index contributed by atoms with van der Waals surface area (Å²) in [7, 11) is 1.99. The van der Waals surface area contributed by atoms with E-state index < -0.39 is 0 Å². The zero-order valence-corrected chi connectivity index (χ0v) is 11.3. The number of thiazole rings is 1. The summed E-state index contributed by atoms with van der Waals surface area (Å²) in [6, 6.07) is 8.01. The summed E-state index contributed by atoms with van der Waals surface area (Å²) in [4.78, 5) is 6.34. The van der Waals surface area contributed by atoms with Crippen LogP contribution in [0.25, 0.3) is 0 Å². The number of hydrogen-bond acceptors (Lipinski definition) is 4. The Bertz CT molecular complexity index is 512. The summed E-state index contributed by atoms with van der Waals surface area (Å²) in [5.41, 5.74) is 6.78. The van der Waals surface area contributed by atoms with Crippen LogP contribution >= 0.6 is 22.9 Å². The van der Waals surface area contributed by atoms with E-state index in [0.29, 0.717) is 0 Å². The monoisotopic (exact) mass is 267 g/mol. The fourth-order valence-electron chi connectivity index (χ4n) is 1.63. The minimum atomic E-state index is 0.161. The van der Waals surface area contributed by atoms with Crippen molar-refractivity contribution in [2.45, 2.75) is 13.0 Å². The molecule has 1 atom stereocenters. The molecule has 0 aliphatic carbocycles. The van der Waals surface area contributed by atoms with Crippen LogP contribution in [-0.2, 0) is 0 Å². The molecule has 2 rings (SSSR count). The van der Waals surface area contributed by atoms with Crippen LogP contribution in [0.2, 0.25) is 5.02 Å². The zero-order valence-electron chi connectivity index (χ0n) is 9.72. The minimum Gasteiger partial charge on any atom is -0.389 e. The third-order valence-corrected chi connectivity index (χ3v) is 4.01. The number of rotatable bonds is 3. The number of benzene rings is 1. The predicted molar refractivity (Wildman–Crippen MR) is 74.8 cm³/mol. The van der Waals surface area contributed by atoms with Crippen molar-refractivity contribution in [2.75, 3.05) is 17.7 Å². The van der Waals surface area contributed by atoms with Crippen LogP contribution in [0.15, 0.2) is 30.5 Å². The molecule has 0 fully saturated rings.